The van der Waals surface area contributed by atoms with Crippen LogP contribution in [-0.4, -0.2) is 62.4 Å². The molecule has 6 nitrogen and oxygen atoms in total. The van der Waals surface area contributed by atoms with Gasteiger partial charge in [0.1, 0.15) is 5.82 Å². The molecule has 1 aliphatic heterocycles. The molecule has 1 amide bonds. The van der Waals surface area contributed by atoms with Gasteiger partial charge in [-0.2, -0.15) is 0 Å². The third-order valence-corrected chi connectivity index (χ3v) is 7.93. The molecule has 1 aromatic heterocycles. The number of nitrogens with zero attached hydrogens (tertiary/aromatic N) is 5. The Bertz CT molecular complexity index is 1270. The number of benzene rings is 3. The average molecular weight is 526 g/mol. The molecule has 7 heteroatoms. The molecule has 0 atom stereocenters. The molecule has 0 radical (unpaired) electrons. The van der Waals surface area contributed by atoms with E-state index in [9.17, 15) is 4.79 Å². The molecule has 4 aromatic rings. The Labute approximate surface area is 229 Å². The molecule has 196 valence electrons. The van der Waals surface area contributed by atoms with E-state index in [0.29, 0.717) is 6.42 Å². The van der Waals surface area contributed by atoms with Crippen LogP contribution in [0.15, 0.2) is 96.2 Å². The normalized spacial score (nSPS) is 14.1. The molecule has 38 heavy (non-hydrogen) atoms. The van der Waals surface area contributed by atoms with Crippen molar-refractivity contribution in [1.29, 1.82) is 0 Å². The third kappa shape index (κ3) is 7.11. The summed E-state index contributed by atoms with van der Waals surface area (Å²) in [6.45, 7) is 4.49. The topological polar surface area (TPSA) is 54.3 Å². The molecule has 0 unspecified atom stereocenters. The molecule has 0 N–H and O–H groups in total. The van der Waals surface area contributed by atoms with Crippen molar-refractivity contribution in [2.45, 2.75) is 37.4 Å². The Morgan fingerprint density at radius 1 is 0.737 bits per heavy atom. The first-order chi connectivity index (χ1) is 18.8. The zero-order valence-electron chi connectivity index (χ0n) is 21.8. The van der Waals surface area contributed by atoms with Gasteiger partial charge in [0.2, 0.25) is 5.91 Å². The minimum absolute atomic E-state index is 0.284. The van der Waals surface area contributed by atoms with Crippen LogP contribution in [0.2, 0.25) is 0 Å². The number of amides is 1. The lowest BCUT2D eigenvalue weighted by Gasteiger charge is -2.34. The maximum absolute atomic E-state index is 12.8. The van der Waals surface area contributed by atoms with Crippen LogP contribution in [0.1, 0.15) is 36.2 Å². The van der Waals surface area contributed by atoms with Crippen LogP contribution in [-0.2, 0) is 17.8 Å². The summed E-state index contributed by atoms with van der Waals surface area (Å²) in [5.74, 6) is 2.13. The van der Waals surface area contributed by atoms with E-state index in [1.807, 2.05) is 29.2 Å². The van der Waals surface area contributed by atoms with Gasteiger partial charge < -0.3 is 4.90 Å². The van der Waals surface area contributed by atoms with E-state index < -0.39 is 0 Å². The first-order valence-corrected chi connectivity index (χ1v) is 14.5. The van der Waals surface area contributed by atoms with Crippen molar-refractivity contribution in [2.24, 2.45) is 0 Å². The number of rotatable bonds is 11. The van der Waals surface area contributed by atoms with Crippen molar-refractivity contribution in [3.63, 3.8) is 0 Å². The first kappa shape index (κ1) is 26.2. The Morgan fingerprint density at radius 2 is 1.37 bits per heavy atom. The van der Waals surface area contributed by atoms with E-state index in [1.165, 1.54) is 11.1 Å². The van der Waals surface area contributed by atoms with E-state index in [-0.39, 0.29) is 5.91 Å². The second kappa shape index (κ2) is 13.4. The number of para-hydroxylation sites is 1. The summed E-state index contributed by atoms with van der Waals surface area (Å²) in [4.78, 5) is 17.3. The van der Waals surface area contributed by atoms with Gasteiger partial charge in [0, 0.05) is 57.0 Å². The number of aromatic nitrogens is 3. The van der Waals surface area contributed by atoms with Crippen molar-refractivity contribution in [1.82, 2.24) is 24.6 Å². The number of carbonyl (C=O) groups is 1. The fraction of sp³-hybridized carbons (Fsp3) is 0.323. The second-order valence-corrected chi connectivity index (χ2v) is 10.7. The predicted octanol–water partition coefficient (Wildman–Crippen LogP) is 5.46. The number of carbonyl (C=O) groups excluding carboxylic acids is 1. The Hall–Kier alpha value is -3.42. The summed E-state index contributed by atoms with van der Waals surface area (Å²) in [5, 5.41) is 9.97. The maximum atomic E-state index is 12.8. The summed E-state index contributed by atoms with van der Waals surface area (Å²) in [5.41, 5.74) is 3.63. The molecule has 0 bridgehead atoms. The lowest BCUT2D eigenvalue weighted by atomic mass is 10.1. The molecule has 1 aliphatic rings. The quantitative estimate of drug-likeness (QED) is 0.192. The van der Waals surface area contributed by atoms with Crippen molar-refractivity contribution >= 4 is 17.7 Å². The van der Waals surface area contributed by atoms with Gasteiger partial charge in [-0.1, -0.05) is 90.6 Å². The number of hydrogen-bond donors (Lipinski definition) is 0. The van der Waals surface area contributed by atoms with Crippen LogP contribution >= 0.6 is 11.8 Å². The van der Waals surface area contributed by atoms with Gasteiger partial charge in [0.05, 0.1) is 0 Å². The molecule has 2 heterocycles. The van der Waals surface area contributed by atoms with Gasteiger partial charge in [0.15, 0.2) is 5.16 Å². The Balaban J connectivity index is 1.08. The summed E-state index contributed by atoms with van der Waals surface area (Å²) in [7, 11) is 0. The van der Waals surface area contributed by atoms with E-state index >= 15 is 0 Å². The minimum atomic E-state index is 0.284. The molecule has 1 fully saturated rings. The first-order valence-electron chi connectivity index (χ1n) is 13.5. The number of hydrogen-bond acceptors (Lipinski definition) is 5. The highest BCUT2D eigenvalue weighted by Crippen LogP contribution is 2.24. The van der Waals surface area contributed by atoms with Crippen molar-refractivity contribution in [3.8, 4) is 5.69 Å². The fourth-order valence-corrected chi connectivity index (χ4v) is 5.79. The molecule has 0 aliphatic carbocycles. The summed E-state index contributed by atoms with van der Waals surface area (Å²) >= 11 is 1.72. The molecule has 0 saturated carbocycles. The minimum Gasteiger partial charge on any atom is -0.340 e. The third-order valence-electron chi connectivity index (χ3n) is 6.91. The summed E-state index contributed by atoms with van der Waals surface area (Å²) < 4.78 is 2.16. The number of piperazine rings is 1. The van der Waals surface area contributed by atoms with Gasteiger partial charge in [-0.3, -0.25) is 14.3 Å². The second-order valence-electron chi connectivity index (χ2n) is 9.68. The Morgan fingerprint density at radius 3 is 2.05 bits per heavy atom. The van der Waals surface area contributed by atoms with E-state index in [2.05, 4.69) is 86.4 Å². The molecular formula is C31H35N5OS. The lowest BCUT2D eigenvalue weighted by molar-refractivity contribution is -0.133. The summed E-state index contributed by atoms with van der Waals surface area (Å²) in [6, 6.07) is 31.3. The highest BCUT2D eigenvalue weighted by molar-refractivity contribution is 7.99. The SMILES string of the molecule is O=C(CCCCSc1nnc(Cc2ccccc2)n1-c1ccccc1)N1CCN(Cc2ccccc2)CC1. The molecule has 5 rings (SSSR count). The van der Waals surface area contributed by atoms with E-state index in [4.69, 9.17) is 0 Å². The van der Waals surface area contributed by atoms with Crippen LogP contribution in [0.25, 0.3) is 5.69 Å². The van der Waals surface area contributed by atoms with Gasteiger partial charge in [-0.15, -0.1) is 10.2 Å². The molecular weight excluding hydrogens is 490 g/mol. The van der Waals surface area contributed by atoms with Gasteiger partial charge in [0.25, 0.3) is 0 Å². The fourth-order valence-electron chi connectivity index (χ4n) is 4.82. The maximum Gasteiger partial charge on any atom is 0.222 e. The van der Waals surface area contributed by atoms with Crippen molar-refractivity contribution in [2.75, 3.05) is 31.9 Å². The van der Waals surface area contributed by atoms with Crippen LogP contribution in [0.3, 0.4) is 0 Å². The van der Waals surface area contributed by atoms with Crippen LogP contribution < -0.4 is 0 Å². The van der Waals surface area contributed by atoms with Crippen molar-refractivity contribution < 1.29 is 4.79 Å². The lowest BCUT2D eigenvalue weighted by Crippen LogP contribution is -2.48. The molecule has 3 aromatic carbocycles. The zero-order chi connectivity index (χ0) is 26.0. The van der Waals surface area contributed by atoms with Gasteiger partial charge >= 0.3 is 0 Å². The number of thioether (sulfide) groups is 1. The Kier molecular flexibility index (Phi) is 9.24. The molecule has 1 saturated heterocycles. The monoisotopic (exact) mass is 525 g/mol. The zero-order valence-corrected chi connectivity index (χ0v) is 22.6. The largest absolute Gasteiger partial charge is 0.340 e. The number of unbranched alkanes of at least 4 members (excludes halogenated alkanes) is 1. The highest BCUT2D eigenvalue weighted by Gasteiger charge is 2.21. The van der Waals surface area contributed by atoms with Crippen LogP contribution in [0.4, 0.5) is 0 Å². The van der Waals surface area contributed by atoms with E-state index in [0.717, 1.165) is 74.4 Å². The van der Waals surface area contributed by atoms with Gasteiger partial charge in [-0.25, -0.2) is 0 Å². The average Bonchev–Trinajstić information content (AvgIpc) is 3.36. The van der Waals surface area contributed by atoms with Gasteiger partial charge in [-0.05, 0) is 36.1 Å². The van der Waals surface area contributed by atoms with Crippen LogP contribution in [0.5, 0.6) is 0 Å². The van der Waals surface area contributed by atoms with Crippen LogP contribution in [0, 0.1) is 0 Å². The predicted molar refractivity (Wildman–Crippen MR) is 153 cm³/mol. The summed E-state index contributed by atoms with van der Waals surface area (Å²) in [6.07, 6.45) is 3.22. The standard InChI is InChI=1S/C31H35N5OS/c37-30(35-21-19-34(20-22-35)25-27-14-6-2-7-15-27)18-10-11-23-38-31-33-32-29(24-26-12-4-1-5-13-26)36(31)28-16-8-3-9-17-28/h1-9,12-17H,10-11,18-25H2. The van der Waals surface area contributed by atoms with E-state index in [1.54, 1.807) is 11.8 Å². The molecule has 0 spiro atoms. The van der Waals surface area contributed by atoms with Crippen molar-refractivity contribution in [3.05, 3.63) is 108 Å². The smallest absolute Gasteiger partial charge is 0.222 e. The highest BCUT2D eigenvalue weighted by atomic mass is 32.2.